The maximum absolute atomic E-state index is 11.8. The lowest BCUT2D eigenvalue weighted by atomic mass is 9.93. The van der Waals surface area contributed by atoms with Crippen molar-refractivity contribution in [2.24, 2.45) is 5.92 Å². The molecule has 0 saturated carbocycles. The van der Waals surface area contributed by atoms with Crippen molar-refractivity contribution in [2.75, 3.05) is 19.6 Å². The van der Waals surface area contributed by atoms with E-state index in [1.165, 1.54) is 17.7 Å². The SMILES string of the molecule is Cc1nc(C)c(CCNC(=O)CCC2CCNCC2)s1.Cl.Cl. The molecule has 1 aliphatic rings. The Morgan fingerprint density at radius 2 is 2.00 bits per heavy atom. The summed E-state index contributed by atoms with van der Waals surface area (Å²) in [6.07, 6.45) is 5.03. The number of amides is 1. The van der Waals surface area contributed by atoms with Crippen LogP contribution < -0.4 is 10.6 Å². The Morgan fingerprint density at radius 1 is 1.32 bits per heavy atom. The van der Waals surface area contributed by atoms with Crippen LogP contribution in [0.2, 0.25) is 0 Å². The molecule has 1 aromatic heterocycles. The molecule has 1 amide bonds. The van der Waals surface area contributed by atoms with Gasteiger partial charge in [0.2, 0.25) is 5.91 Å². The van der Waals surface area contributed by atoms with Gasteiger partial charge in [0, 0.05) is 24.3 Å². The van der Waals surface area contributed by atoms with Gasteiger partial charge in [0.25, 0.3) is 0 Å². The number of nitrogens with one attached hydrogen (secondary N) is 2. The van der Waals surface area contributed by atoms with E-state index in [4.69, 9.17) is 0 Å². The molecule has 1 fully saturated rings. The normalized spacial score (nSPS) is 14.8. The summed E-state index contributed by atoms with van der Waals surface area (Å²) in [5.41, 5.74) is 1.11. The standard InChI is InChI=1S/C15H25N3OS.2ClH/c1-11-14(20-12(2)18-11)7-10-17-15(19)4-3-13-5-8-16-9-6-13;;/h13,16H,3-10H2,1-2H3,(H,17,19);2*1H. The van der Waals surface area contributed by atoms with Gasteiger partial charge in [0.1, 0.15) is 0 Å². The second-order valence-electron chi connectivity index (χ2n) is 5.57. The van der Waals surface area contributed by atoms with E-state index in [1.54, 1.807) is 11.3 Å². The van der Waals surface area contributed by atoms with Crippen LogP contribution in [0.1, 0.15) is 41.3 Å². The quantitative estimate of drug-likeness (QED) is 0.812. The molecule has 128 valence electrons. The average Bonchev–Trinajstić information content (AvgIpc) is 2.76. The summed E-state index contributed by atoms with van der Waals surface area (Å²) >= 11 is 1.73. The first-order chi connectivity index (χ1) is 9.65. The van der Waals surface area contributed by atoms with Gasteiger partial charge in [-0.2, -0.15) is 0 Å². The van der Waals surface area contributed by atoms with Crippen LogP contribution in [0.3, 0.4) is 0 Å². The lowest BCUT2D eigenvalue weighted by Crippen LogP contribution is -2.30. The van der Waals surface area contributed by atoms with Crippen molar-refractivity contribution in [3.05, 3.63) is 15.6 Å². The van der Waals surface area contributed by atoms with Crippen molar-refractivity contribution < 1.29 is 4.79 Å². The first-order valence-electron chi connectivity index (χ1n) is 7.55. The molecular weight excluding hydrogens is 341 g/mol. The van der Waals surface area contributed by atoms with E-state index in [-0.39, 0.29) is 30.7 Å². The predicted octanol–water partition coefficient (Wildman–Crippen LogP) is 3.04. The zero-order chi connectivity index (χ0) is 14.4. The van der Waals surface area contributed by atoms with Crippen molar-refractivity contribution >= 4 is 42.1 Å². The van der Waals surface area contributed by atoms with Crippen LogP contribution in [0.5, 0.6) is 0 Å². The second-order valence-corrected chi connectivity index (χ2v) is 6.86. The van der Waals surface area contributed by atoms with Gasteiger partial charge in [-0.05, 0) is 52.1 Å². The maximum Gasteiger partial charge on any atom is 0.220 e. The van der Waals surface area contributed by atoms with Crippen molar-refractivity contribution in [3.63, 3.8) is 0 Å². The van der Waals surface area contributed by atoms with E-state index in [1.807, 2.05) is 13.8 Å². The summed E-state index contributed by atoms with van der Waals surface area (Å²) in [5, 5.41) is 7.49. The fourth-order valence-corrected chi connectivity index (χ4v) is 3.65. The predicted molar refractivity (Wildman–Crippen MR) is 97.6 cm³/mol. The molecule has 0 unspecified atom stereocenters. The second kappa shape index (κ2) is 11.2. The molecule has 2 heterocycles. The number of aromatic nitrogens is 1. The minimum atomic E-state index is 0. The molecular formula is C15H27Cl2N3OS. The first kappa shape index (κ1) is 21.6. The molecule has 2 rings (SSSR count). The molecule has 4 nitrogen and oxygen atoms in total. The Labute approximate surface area is 149 Å². The summed E-state index contributed by atoms with van der Waals surface area (Å²) in [7, 11) is 0. The highest BCUT2D eigenvalue weighted by Gasteiger charge is 2.14. The zero-order valence-corrected chi connectivity index (χ0v) is 15.8. The van der Waals surface area contributed by atoms with Gasteiger partial charge in [-0.3, -0.25) is 4.79 Å². The highest BCUT2D eigenvalue weighted by molar-refractivity contribution is 7.11. The Hall–Kier alpha value is -0.360. The molecule has 1 aromatic rings. The van der Waals surface area contributed by atoms with Gasteiger partial charge in [-0.15, -0.1) is 36.2 Å². The molecule has 0 radical (unpaired) electrons. The minimum absolute atomic E-state index is 0. The Morgan fingerprint density at radius 3 is 2.59 bits per heavy atom. The third-order valence-corrected chi connectivity index (χ3v) is 5.04. The number of thiazole rings is 1. The zero-order valence-electron chi connectivity index (χ0n) is 13.3. The molecule has 0 aliphatic carbocycles. The Balaban J connectivity index is 0.00000220. The molecule has 0 aromatic carbocycles. The number of nitrogens with zero attached hydrogens (tertiary/aromatic N) is 1. The summed E-state index contributed by atoms with van der Waals surface area (Å²) < 4.78 is 0. The topological polar surface area (TPSA) is 54.0 Å². The summed E-state index contributed by atoms with van der Waals surface area (Å²) in [5.74, 6) is 0.927. The Kier molecular flexibility index (Phi) is 11.0. The fourth-order valence-electron chi connectivity index (χ4n) is 2.71. The highest BCUT2D eigenvalue weighted by atomic mass is 35.5. The first-order valence-corrected chi connectivity index (χ1v) is 8.37. The van der Waals surface area contributed by atoms with E-state index in [2.05, 4.69) is 15.6 Å². The number of hydrogen-bond acceptors (Lipinski definition) is 4. The van der Waals surface area contributed by atoms with Crippen LogP contribution in [-0.4, -0.2) is 30.5 Å². The molecule has 7 heteroatoms. The number of carbonyl (C=O) groups is 1. The van der Waals surface area contributed by atoms with Gasteiger partial charge in [-0.25, -0.2) is 4.98 Å². The van der Waals surface area contributed by atoms with Gasteiger partial charge < -0.3 is 10.6 Å². The van der Waals surface area contributed by atoms with E-state index in [0.717, 1.165) is 49.1 Å². The molecule has 2 N–H and O–H groups in total. The number of aryl methyl sites for hydroxylation is 2. The number of rotatable bonds is 6. The van der Waals surface area contributed by atoms with Crippen LogP contribution in [0.15, 0.2) is 0 Å². The molecule has 22 heavy (non-hydrogen) atoms. The van der Waals surface area contributed by atoms with Crippen LogP contribution in [0.25, 0.3) is 0 Å². The van der Waals surface area contributed by atoms with E-state index >= 15 is 0 Å². The minimum Gasteiger partial charge on any atom is -0.356 e. The summed E-state index contributed by atoms with van der Waals surface area (Å²) in [6, 6.07) is 0. The Bertz CT molecular complexity index is 448. The molecule has 0 spiro atoms. The smallest absolute Gasteiger partial charge is 0.220 e. The number of piperidine rings is 1. The summed E-state index contributed by atoms with van der Waals surface area (Å²) in [6.45, 7) is 7.01. The van der Waals surface area contributed by atoms with Crippen LogP contribution >= 0.6 is 36.2 Å². The van der Waals surface area contributed by atoms with Crippen molar-refractivity contribution in [1.29, 1.82) is 0 Å². The van der Waals surface area contributed by atoms with Crippen LogP contribution in [-0.2, 0) is 11.2 Å². The largest absolute Gasteiger partial charge is 0.356 e. The van der Waals surface area contributed by atoms with Crippen molar-refractivity contribution in [3.8, 4) is 0 Å². The van der Waals surface area contributed by atoms with E-state index in [9.17, 15) is 4.79 Å². The van der Waals surface area contributed by atoms with Crippen LogP contribution in [0.4, 0.5) is 0 Å². The number of carbonyl (C=O) groups excluding carboxylic acids is 1. The number of hydrogen-bond donors (Lipinski definition) is 2. The third-order valence-electron chi connectivity index (χ3n) is 3.91. The molecule has 1 saturated heterocycles. The maximum atomic E-state index is 11.8. The molecule has 0 atom stereocenters. The lowest BCUT2D eigenvalue weighted by Gasteiger charge is -2.22. The van der Waals surface area contributed by atoms with Crippen molar-refractivity contribution in [1.82, 2.24) is 15.6 Å². The monoisotopic (exact) mass is 367 g/mol. The molecule has 1 aliphatic heterocycles. The van der Waals surface area contributed by atoms with Gasteiger partial charge in [0.05, 0.1) is 10.7 Å². The highest BCUT2D eigenvalue weighted by Crippen LogP contribution is 2.18. The van der Waals surface area contributed by atoms with E-state index < -0.39 is 0 Å². The van der Waals surface area contributed by atoms with Crippen LogP contribution in [0, 0.1) is 19.8 Å². The average molecular weight is 368 g/mol. The van der Waals surface area contributed by atoms with Crippen molar-refractivity contribution in [2.45, 2.75) is 46.0 Å². The summed E-state index contributed by atoms with van der Waals surface area (Å²) in [4.78, 5) is 17.5. The van der Waals surface area contributed by atoms with Gasteiger partial charge in [-0.1, -0.05) is 0 Å². The van der Waals surface area contributed by atoms with Gasteiger partial charge >= 0.3 is 0 Å². The number of halogens is 2. The fraction of sp³-hybridized carbons (Fsp3) is 0.733. The molecule has 0 bridgehead atoms. The van der Waals surface area contributed by atoms with Gasteiger partial charge in [0.15, 0.2) is 0 Å². The third kappa shape index (κ3) is 7.27. The lowest BCUT2D eigenvalue weighted by molar-refractivity contribution is -0.121. The van der Waals surface area contributed by atoms with E-state index in [0.29, 0.717) is 6.42 Å².